The van der Waals surface area contributed by atoms with E-state index in [0.717, 1.165) is 27.1 Å². The first-order valence-electron chi connectivity index (χ1n) is 6.03. The van der Waals surface area contributed by atoms with E-state index in [0.29, 0.717) is 5.89 Å². The molecule has 0 amide bonds. The predicted molar refractivity (Wildman–Crippen MR) is 79.8 cm³/mol. The normalized spacial score (nSPS) is 10.6. The number of hydrogen-bond donors (Lipinski definition) is 0. The van der Waals surface area contributed by atoms with Crippen LogP contribution in [0, 0.1) is 6.92 Å². The van der Waals surface area contributed by atoms with Gasteiger partial charge in [0.2, 0.25) is 5.89 Å². The topological polar surface area (TPSA) is 26.0 Å². The van der Waals surface area contributed by atoms with Crippen molar-refractivity contribution in [3.8, 4) is 22.7 Å². The molecular weight excluding hydrogens is 302 g/mol. The van der Waals surface area contributed by atoms with Gasteiger partial charge in [-0.25, -0.2) is 4.98 Å². The summed E-state index contributed by atoms with van der Waals surface area (Å²) in [5.74, 6) is 1.49. The molecule has 0 radical (unpaired) electrons. The van der Waals surface area contributed by atoms with Crippen LogP contribution in [0.4, 0.5) is 0 Å². The third kappa shape index (κ3) is 2.47. The van der Waals surface area contributed by atoms with E-state index in [1.165, 1.54) is 0 Å². The number of aryl methyl sites for hydroxylation is 1. The third-order valence-corrected chi connectivity index (χ3v) is 3.46. The molecule has 0 fully saturated rings. The Bertz CT molecular complexity index is 687. The van der Waals surface area contributed by atoms with Crippen molar-refractivity contribution in [2.45, 2.75) is 6.92 Å². The molecular formula is C16H12BrNO. The Morgan fingerprint density at radius 2 is 1.58 bits per heavy atom. The first kappa shape index (κ1) is 12.2. The summed E-state index contributed by atoms with van der Waals surface area (Å²) in [6.45, 7) is 1.94. The van der Waals surface area contributed by atoms with Crippen LogP contribution in [-0.2, 0) is 0 Å². The van der Waals surface area contributed by atoms with Gasteiger partial charge in [0, 0.05) is 15.6 Å². The fraction of sp³-hybridized carbons (Fsp3) is 0.0625. The Morgan fingerprint density at radius 3 is 2.26 bits per heavy atom. The van der Waals surface area contributed by atoms with Crippen molar-refractivity contribution in [1.29, 1.82) is 0 Å². The van der Waals surface area contributed by atoms with E-state index in [4.69, 9.17) is 4.42 Å². The van der Waals surface area contributed by atoms with Crippen LogP contribution in [0.25, 0.3) is 22.7 Å². The van der Waals surface area contributed by atoms with Crippen LogP contribution in [0.2, 0.25) is 0 Å². The minimum atomic E-state index is 0.656. The van der Waals surface area contributed by atoms with Crippen molar-refractivity contribution in [2.75, 3.05) is 0 Å². The minimum absolute atomic E-state index is 0.656. The van der Waals surface area contributed by atoms with Crippen molar-refractivity contribution in [1.82, 2.24) is 4.98 Å². The summed E-state index contributed by atoms with van der Waals surface area (Å²) >= 11 is 3.42. The van der Waals surface area contributed by atoms with E-state index in [9.17, 15) is 0 Å². The van der Waals surface area contributed by atoms with Crippen LogP contribution in [0.3, 0.4) is 0 Å². The molecule has 0 aliphatic carbocycles. The summed E-state index contributed by atoms with van der Waals surface area (Å²) < 4.78 is 6.81. The lowest BCUT2D eigenvalue weighted by atomic mass is 10.1. The first-order valence-corrected chi connectivity index (χ1v) is 6.82. The van der Waals surface area contributed by atoms with Gasteiger partial charge in [0.25, 0.3) is 0 Å². The lowest BCUT2D eigenvalue weighted by Gasteiger charge is -1.95. The molecule has 0 unspecified atom stereocenters. The Hall–Kier alpha value is -1.87. The zero-order valence-electron chi connectivity index (χ0n) is 10.4. The van der Waals surface area contributed by atoms with Crippen LogP contribution >= 0.6 is 15.9 Å². The lowest BCUT2D eigenvalue weighted by molar-refractivity contribution is 0.543. The standard InChI is InChI=1S/C16H12BrNO/c1-11-15(12-5-3-2-4-6-12)18-16(19-11)13-7-9-14(17)10-8-13/h2-10H,1H3. The van der Waals surface area contributed by atoms with Crippen LogP contribution < -0.4 is 0 Å². The summed E-state index contributed by atoms with van der Waals surface area (Å²) in [6, 6.07) is 18.0. The molecule has 0 atom stereocenters. The number of nitrogens with zero attached hydrogens (tertiary/aromatic N) is 1. The van der Waals surface area contributed by atoms with E-state index in [2.05, 4.69) is 20.9 Å². The van der Waals surface area contributed by atoms with Crippen molar-refractivity contribution in [3.05, 3.63) is 64.8 Å². The summed E-state index contributed by atoms with van der Waals surface area (Å²) in [7, 11) is 0. The second kappa shape index (κ2) is 5.02. The molecule has 3 aromatic rings. The number of hydrogen-bond acceptors (Lipinski definition) is 2. The molecule has 0 aliphatic rings. The zero-order valence-corrected chi connectivity index (χ0v) is 12.0. The van der Waals surface area contributed by atoms with E-state index < -0.39 is 0 Å². The maximum atomic E-state index is 5.77. The number of rotatable bonds is 2. The quantitative estimate of drug-likeness (QED) is 0.659. The molecule has 1 heterocycles. The maximum absolute atomic E-state index is 5.77. The van der Waals surface area contributed by atoms with Gasteiger partial charge in [-0.05, 0) is 31.2 Å². The van der Waals surface area contributed by atoms with Crippen LogP contribution in [0.15, 0.2) is 63.5 Å². The summed E-state index contributed by atoms with van der Waals surface area (Å²) in [5, 5.41) is 0. The van der Waals surface area contributed by atoms with Gasteiger partial charge < -0.3 is 4.42 Å². The summed E-state index contributed by atoms with van der Waals surface area (Å²) in [4.78, 5) is 4.60. The Labute approximate surface area is 120 Å². The number of halogens is 1. The highest BCUT2D eigenvalue weighted by molar-refractivity contribution is 9.10. The number of oxazole rings is 1. The monoisotopic (exact) mass is 313 g/mol. The molecule has 19 heavy (non-hydrogen) atoms. The van der Waals surface area contributed by atoms with Gasteiger partial charge in [-0.3, -0.25) is 0 Å². The van der Waals surface area contributed by atoms with E-state index in [-0.39, 0.29) is 0 Å². The van der Waals surface area contributed by atoms with Gasteiger partial charge in [-0.1, -0.05) is 46.3 Å². The molecule has 0 saturated heterocycles. The van der Waals surface area contributed by atoms with Crippen molar-refractivity contribution in [2.24, 2.45) is 0 Å². The predicted octanol–water partition coefficient (Wildman–Crippen LogP) is 5.08. The molecule has 3 rings (SSSR count). The molecule has 94 valence electrons. The van der Waals surface area contributed by atoms with Gasteiger partial charge in [-0.15, -0.1) is 0 Å². The van der Waals surface area contributed by atoms with Gasteiger partial charge in [0.15, 0.2) is 0 Å². The number of benzene rings is 2. The van der Waals surface area contributed by atoms with Crippen LogP contribution in [-0.4, -0.2) is 4.98 Å². The van der Waals surface area contributed by atoms with Crippen LogP contribution in [0.1, 0.15) is 5.76 Å². The Balaban J connectivity index is 2.04. The smallest absolute Gasteiger partial charge is 0.226 e. The molecule has 2 nitrogen and oxygen atoms in total. The highest BCUT2D eigenvalue weighted by atomic mass is 79.9. The molecule has 0 spiro atoms. The maximum Gasteiger partial charge on any atom is 0.226 e. The summed E-state index contributed by atoms with van der Waals surface area (Å²) in [5.41, 5.74) is 2.96. The van der Waals surface area contributed by atoms with E-state index in [1.807, 2.05) is 61.5 Å². The van der Waals surface area contributed by atoms with Crippen LogP contribution in [0.5, 0.6) is 0 Å². The molecule has 1 aromatic heterocycles. The van der Waals surface area contributed by atoms with Gasteiger partial charge in [0.1, 0.15) is 11.5 Å². The minimum Gasteiger partial charge on any atom is -0.441 e. The van der Waals surface area contributed by atoms with Gasteiger partial charge in [0.05, 0.1) is 0 Å². The largest absolute Gasteiger partial charge is 0.441 e. The fourth-order valence-electron chi connectivity index (χ4n) is 1.98. The second-order valence-electron chi connectivity index (χ2n) is 4.30. The Morgan fingerprint density at radius 1 is 0.895 bits per heavy atom. The van der Waals surface area contributed by atoms with Gasteiger partial charge >= 0.3 is 0 Å². The van der Waals surface area contributed by atoms with Crippen molar-refractivity contribution in [3.63, 3.8) is 0 Å². The summed E-state index contributed by atoms with van der Waals surface area (Å²) in [6.07, 6.45) is 0. The highest BCUT2D eigenvalue weighted by Gasteiger charge is 2.12. The van der Waals surface area contributed by atoms with E-state index >= 15 is 0 Å². The molecule has 0 N–H and O–H groups in total. The van der Waals surface area contributed by atoms with Crippen molar-refractivity contribution < 1.29 is 4.42 Å². The van der Waals surface area contributed by atoms with Gasteiger partial charge in [-0.2, -0.15) is 0 Å². The third-order valence-electron chi connectivity index (χ3n) is 2.93. The first-order chi connectivity index (χ1) is 9.24. The zero-order chi connectivity index (χ0) is 13.2. The highest BCUT2D eigenvalue weighted by Crippen LogP contribution is 2.28. The SMILES string of the molecule is Cc1oc(-c2ccc(Br)cc2)nc1-c1ccccc1. The van der Waals surface area contributed by atoms with Crippen molar-refractivity contribution >= 4 is 15.9 Å². The average molecular weight is 314 g/mol. The second-order valence-corrected chi connectivity index (χ2v) is 5.21. The molecule has 2 aromatic carbocycles. The molecule has 0 saturated carbocycles. The Kier molecular flexibility index (Phi) is 3.22. The molecule has 0 bridgehead atoms. The fourth-order valence-corrected chi connectivity index (χ4v) is 2.24. The number of aromatic nitrogens is 1. The molecule has 0 aliphatic heterocycles. The average Bonchev–Trinajstić information content (AvgIpc) is 2.83. The molecule has 3 heteroatoms. The lowest BCUT2D eigenvalue weighted by Crippen LogP contribution is -1.80. The van der Waals surface area contributed by atoms with E-state index in [1.54, 1.807) is 0 Å².